The summed E-state index contributed by atoms with van der Waals surface area (Å²) in [6, 6.07) is 0. The Hall–Kier alpha value is -0.170. The summed E-state index contributed by atoms with van der Waals surface area (Å²) in [5.41, 5.74) is 5.29. The highest BCUT2D eigenvalue weighted by Crippen LogP contribution is 2.05. The Morgan fingerprint density at radius 3 is 2.71 bits per heavy atom. The number of aliphatic hydroxyl groups excluding tert-OH is 1. The summed E-state index contributed by atoms with van der Waals surface area (Å²) in [6.07, 6.45) is 0.107. The summed E-state index contributed by atoms with van der Waals surface area (Å²) in [5.74, 6) is 0.465. The number of sulfone groups is 1. The second-order valence-electron chi connectivity index (χ2n) is 3.70. The minimum Gasteiger partial charge on any atom is -0.390 e. The number of nitrogens with two attached hydrogens (primary N) is 1. The molecule has 0 saturated carbocycles. The number of hydrogen-bond acceptors (Lipinski definition) is 5. The lowest BCUT2D eigenvalue weighted by Gasteiger charge is -2.21. The van der Waals surface area contributed by atoms with E-state index in [1.54, 1.807) is 0 Å². The molecule has 3 N–H and O–H groups in total. The molecular weight excluding hydrogens is 204 g/mol. The predicted molar refractivity (Wildman–Crippen MR) is 54.8 cm³/mol. The molecule has 1 aliphatic rings. The Morgan fingerprint density at radius 2 is 2.07 bits per heavy atom. The van der Waals surface area contributed by atoms with Crippen molar-refractivity contribution in [3.05, 3.63) is 0 Å². The van der Waals surface area contributed by atoms with Crippen LogP contribution in [-0.2, 0) is 9.84 Å². The van der Waals surface area contributed by atoms with E-state index in [1.165, 1.54) is 0 Å². The SMILES string of the molecule is NC[C@@H](O)CN1CCCS(=O)(=O)CC1. The van der Waals surface area contributed by atoms with E-state index in [4.69, 9.17) is 5.73 Å². The van der Waals surface area contributed by atoms with Crippen LogP contribution in [0.1, 0.15) is 6.42 Å². The van der Waals surface area contributed by atoms with E-state index in [-0.39, 0.29) is 18.1 Å². The fourth-order valence-corrected chi connectivity index (χ4v) is 2.85. The molecule has 5 nitrogen and oxygen atoms in total. The van der Waals surface area contributed by atoms with Crippen molar-refractivity contribution in [3.63, 3.8) is 0 Å². The molecule has 0 aromatic heterocycles. The highest BCUT2D eigenvalue weighted by atomic mass is 32.2. The van der Waals surface area contributed by atoms with Gasteiger partial charge in [0.25, 0.3) is 0 Å². The molecule has 0 amide bonds. The first-order valence-electron chi connectivity index (χ1n) is 4.84. The zero-order valence-electron chi connectivity index (χ0n) is 8.22. The molecule has 0 spiro atoms. The van der Waals surface area contributed by atoms with Crippen molar-refractivity contribution in [1.29, 1.82) is 0 Å². The molecule has 84 valence electrons. The quantitative estimate of drug-likeness (QED) is 0.602. The predicted octanol–water partition coefficient (Wildman–Crippen LogP) is -1.57. The molecule has 1 rings (SSSR count). The standard InChI is InChI=1S/C8H18N2O3S/c9-6-8(11)7-10-2-1-4-14(12,13)5-3-10/h8,11H,1-7,9H2/t8-/m1/s1. The molecule has 0 aromatic carbocycles. The number of aliphatic hydroxyl groups is 1. The van der Waals surface area contributed by atoms with Crippen LogP contribution in [0.4, 0.5) is 0 Å². The van der Waals surface area contributed by atoms with Crippen molar-refractivity contribution in [2.75, 3.05) is 37.7 Å². The van der Waals surface area contributed by atoms with E-state index >= 15 is 0 Å². The summed E-state index contributed by atoms with van der Waals surface area (Å²) in [7, 11) is -2.85. The van der Waals surface area contributed by atoms with Gasteiger partial charge in [-0.25, -0.2) is 8.42 Å². The summed E-state index contributed by atoms with van der Waals surface area (Å²) in [4.78, 5) is 1.96. The first-order valence-corrected chi connectivity index (χ1v) is 6.66. The lowest BCUT2D eigenvalue weighted by molar-refractivity contribution is 0.123. The van der Waals surface area contributed by atoms with Gasteiger partial charge in [0.2, 0.25) is 0 Å². The van der Waals surface area contributed by atoms with Crippen molar-refractivity contribution in [2.24, 2.45) is 5.73 Å². The van der Waals surface area contributed by atoms with Crippen LogP contribution in [0.2, 0.25) is 0 Å². The third kappa shape index (κ3) is 3.91. The normalized spacial score (nSPS) is 25.6. The summed E-state index contributed by atoms with van der Waals surface area (Å²) >= 11 is 0. The van der Waals surface area contributed by atoms with Gasteiger partial charge in [-0.3, -0.25) is 4.90 Å². The maximum Gasteiger partial charge on any atom is 0.151 e. The van der Waals surface area contributed by atoms with E-state index in [0.717, 1.165) is 6.54 Å². The third-order valence-corrected chi connectivity index (χ3v) is 4.10. The van der Waals surface area contributed by atoms with Gasteiger partial charge < -0.3 is 10.8 Å². The molecule has 14 heavy (non-hydrogen) atoms. The van der Waals surface area contributed by atoms with Gasteiger partial charge in [-0.1, -0.05) is 0 Å². The molecule has 1 saturated heterocycles. The monoisotopic (exact) mass is 222 g/mol. The van der Waals surface area contributed by atoms with Crippen LogP contribution in [0.3, 0.4) is 0 Å². The lowest BCUT2D eigenvalue weighted by atomic mass is 10.3. The van der Waals surface area contributed by atoms with Gasteiger partial charge in [0.05, 0.1) is 17.6 Å². The second-order valence-corrected chi connectivity index (χ2v) is 6.00. The summed E-state index contributed by atoms with van der Waals surface area (Å²) < 4.78 is 22.5. The molecule has 1 aliphatic heterocycles. The molecule has 0 unspecified atom stereocenters. The molecule has 0 bridgehead atoms. The molecule has 6 heteroatoms. The topological polar surface area (TPSA) is 83.6 Å². The molecular formula is C8H18N2O3S. The maximum absolute atomic E-state index is 11.3. The third-order valence-electron chi connectivity index (χ3n) is 2.39. The fraction of sp³-hybridized carbons (Fsp3) is 1.00. The van der Waals surface area contributed by atoms with Gasteiger partial charge in [0, 0.05) is 19.6 Å². The smallest absolute Gasteiger partial charge is 0.151 e. The zero-order chi connectivity index (χ0) is 10.6. The van der Waals surface area contributed by atoms with Crippen LogP contribution < -0.4 is 5.73 Å². The Bertz CT molecular complexity index is 266. The van der Waals surface area contributed by atoms with Crippen LogP contribution in [0.5, 0.6) is 0 Å². The first kappa shape index (κ1) is 11.9. The Balaban J connectivity index is 2.42. The minimum atomic E-state index is -2.85. The van der Waals surface area contributed by atoms with Crippen molar-refractivity contribution >= 4 is 9.84 Å². The first-order chi connectivity index (χ1) is 6.53. The average molecular weight is 222 g/mol. The fourth-order valence-electron chi connectivity index (χ4n) is 1.55. The zero-order valence-corrected chi connectivity index (χ0v) is 9.04. The van der Waals surface area contributed by atoms with Gasteiger partial charge >= 0.3 is 0 Å². The van der Waals surface area contributed by atoms with E-state index in [0.29, 0.717) is 19.5 Å². The van der Waals surface area contributed by atoms with Gasteiger partial charge in [0.15, 0.2) is 9.84 Å². The molecule has 0 aliphatic carbocycles. The van der Waals surface area contributed by atoms with Crippen molar-refractivity contribution in [2.45, 2.75) is 12.5 Å². The van der Waals surface area contributed by atoms with Gasteiger partial charge in [-0.15, -0.1) is 0 Å². The van der Waals surface area contributed by atoms with Crippen molar-refractivity contribution in [1.82, 2.24) is 4.90 Å². The van der Waals surface area contributed by atoms with E-state index in [9.17, 15) is 13.5 Å². The molecule has 0 radical (unpaired) electrons. The lowest BCUT2D eigenvalue weighted by Crippen LogP contribution is -2.38. The number of rotatable bonds is 3. The van der Waals surface area contributed by atoms with Gasteiger partial charge in [0.1, 0.15) is 0 Å². The van der Waals surface area contributed by atoms with Crippen LogP contribution >= 0.6 is 0 Å². The van der Waals surface area contributed by atoms with E-state index in [2.05, 4.69) is 0 Å². The van der Waals surface area contributed by atoms with Crippen LogP contribution in [0.15, 0.2) is 0 Å². The van der Waals surface area contributed by atoms with Gasteiger partial charge in [-0.2, -0.15) is 0 Å². The van der Waals surface area contributed by atoms with E-state index < -0.39 is 15.9 Å². The largest absolute Gasteiger partial charge is 0.390 e. The molecule has 0 aromatic rings. The molecule has 1 atom stereocenters. The molecule has 1 fully saturated rings. The average Bonchev–Trinajstić information content (AvgIpc) is 2.28. The van der Waals surface area contributed by atoms with E-state index in [1.807, 2.05) is 4.90 Å². The highest BCUT2D eigenvalue weighted by molar-refractivity contribution is 7.91. The molecule has 1 heterocycles. The second kappa shape index (κ2) is 5.06. The number of hydrogen-bond donors (Lipinski definition) is 2. The van der Waals surface area contributed by atoms with Crippen LogP contribution in [-0.4, -0.2) is 62.2 Å². The van der Waals surface area contributed by atoms with Crippen LogP contribution in [0, 0.1) is 0 Å². The summed E-state index contributed by atoms with van der Waals surface area (Å²) in [6.45, 7) is 1.95. The Morgan fingerprint density at radius 1 is 1.36 bits per heavy atom. The Labute approximate surface area is 84.8 Å². The maximum atomic E-state index is 11.3. The summed E-state index contributed by atoms with van der Waals surface area (Å²) in [5, 5.41) is 9.32. The van der Waals surface area contributed by atoms with Crippen LogP contribution in [0.25, 0.3) is 0 Å². The Kier molecular flexibility index (Phi) is 4.31. The van der Waals surface area contributed by atoms with Crippen molar-refractivity contribution < 1.29 is 13.5 Å². The number of β-amino-alcohol motifs (C(OH)–C–C–N with tert-alkyl or cyclic N) is 1. The number of nitrogens with zero attached hydrogens (tertiary/aromatic N) is 1. The van der Waals surface area contributed by atoms with Crippen molar-refractivity contribution in [3.8, 4) is 0 Å². The minimum absolute atomic E-state index is 0.199. The highest BCUT2D eigenvalue weighted by Gasteiger charge is 2.20. The van der Waals surface area contributed by atoms with Gasteiger partial charge in [-0.05, 0) is 13.0 Å².